The van der Waals surface area contributed by atoms with Gasteiger partial charge < -0.3 is 15.0 Å². The molecule has 1 N–H and O–H groups in total. The maximum Gasteiger partial charge on any atom is 0.0699 e. The minimum absolute atomic E-state index is 0.464. The zero-order chi connectivity index (χ0) is 12.5. The number of rotatable bonds is 7. The van der Waals surface area contributed by atoms with Crippen LogP contribution in [0.2, 0.25) is 0 Å². The van der Waals surface area contributed by atoms with E-state index in [1.807, 2.05) is 0 Å². The highest BCUT2D eigenvalue weighted by Crippen LogP contribution is 2.09. The fraction of sp³-hybridized carbons (Fsp3) is 1.00. The maximum absolute atomic E-state index is 5.79. The number of unbranched alkanes of at least 4 members (excludes halogenated alkanes) is 1. The van der Waals surface area contributed by atoms with Crippen molar-refractivity contribution in [1.82, 2.24) is 10.2 Å². The Labute approximate surface area is 107 Å². The van der Waals surface area contributed by atoms with Gasteiger partial charge in [-0.1, -0.05) is 20.8 Å². The lowest BCUT2D eigenvalue weighted by Crippen LogP contribution is -2.32. The topological polar surface area (TPSA) is 24.5 Å². The van der Waals surface area contributed by atoms with Crippen LogP contribution in [0.5, 0.6) is 0 Å². The van der Waals surface area contributed by atoms with Crippen molar-refractivity contribution in [2.45, 2.75) is 58.6 Å². The van der Waals surface area contributed by atoms with E-state index in [-0.39, 0.29) is 0 Å². The Morgan fingerprint density at radius 3 is 2.88 bits per heavy atom. The van der Waals surface area contributed by atoms with E-state index in [1.165, 1.54) is 32.4 Å². The highest BCUT2D eigenvalue weighted by Gasteiger charge is 2.16. The highest BCUT2D eigenvalue weighted by molar-refractivity contribution is 4.69. The highest BCUT2D eigenvalue weighted by atomic mass is 16.5. The van der Waals surface area contributed by atoms with Crippen LogP contribution in [0, 0.1) is 0 Å². The Kier molecular flexibility index (Phi) is 7.82. The van der Waals surface area contributed by atoms with Gasteiger partial charge in [0.15, 0.2) is 0 Å². The molecule has 17 heavy (non-hydrogen) atoms. The van der Waals surface area contributed by atoms with Gasteiger partial charge in [0.25, 0.3) is 0 Å². The summed E-state index contributed by atoms with van der Waals surface area (Å²) in [4.78, 5) is 2.58. The first kappa shape index (κ1) is 14.9. The van der Waals surface area contributed by atoms with E-state index in [1.54, 1.807) is 0 Å². The van der Waals surface area contributed by atoms with Gasteiger partial charge in [-0.25, -0.2) is 0 Å². The van der Waals surface area contributed by atoms with Gasteiger partial charge in [0.2, 0.25) is 0 Å². The molecule has 1 atom stereocenters. The second-order valence-corrected chi connectivity index (χ2v) is 5.37. The molecule has 0 bridgehead atoms. The van der Waals surface area contributed by atoms with Gasteiger partial charge in [-0.05, 0) is 38.8 Å². The number of nitrogens with zero attached hydrogens (tertiary/aromatic N) is 1. The third-order valence-electron chi connectivity index (χ3n) is 3.34. The Balaban J connectivity index is 2.08. The zero-order valence-corrected chi connectivity index (χ0v) is 11.9. The molecule has 1 unspecified atom stereocenters. The monoisotopic (exact) mass is 242 g/mol. The van der Waals surface area contributed by atoms with Crippen LogP contribution in [0.25, 0.3) is 0 Å². The van der Waals surface area contributed by atoms with Gasteiger partial charge in [-0.15, -0.1) is 0 Å². The minimum atomic E-state index is 0.464. The van der Waals surface area contributed by atoms with E-state index >= 15 is 0 Å². The molecule has 0 aliphatic carbocycles. The lowest BCUT2D eigenvalue weighted by molar-refractivity contribution is 0.0518. The first-order chi connectivity index (χ1) is 8.22. The maximum atomic E-state index is 5.79. The Morgan fingerprint density at radius 2 is 2.18 bits per heavy atom. The molecule has 0 amide bonds. The summed E-state index contributed by atoms with van der Waals surface area (Å²) in [6.45, 7) is 12.3. The van der Waals surface area contributed by atoms with Crippen LogP contribution in [0.1, 0.15) is 46.5 Å². The van der Waals surface area contributed by atoms with Crippen LogP contribution in [-0.4, -0.2) is 49.8 Å². The fourth-order valence-corrected chi connectivity index (χ4v) is 2.27. The molecular weight excluding hydrogens is 212 g/mol. The first-order valence-electron chi connectivity index (χ1n) is 7.29. The normalized spacial score (nSPS) is 22.9. The van der Waals surface area contributed by atoms with Crippen molar-refractivity contribution in [2.75, 3.05) is 32.8 Å². The van der Waals surface area contributed by atoms with Crippen LogP contribution >= 0.6 is 0 Å². The molecule has 1 fully saturated rings. The average Bonchev–Trinajstić information content (AvgIpc) is 2.53. The Hall–Kier alpha value is -0.120. The summed E-state index contributed by atoms with van der Waals surface area (Å²) in [7, 11) is 0. The average molecular weight is 242 g/mol. The number of ether oxygens (including phenoxy) is 1. The van der Waals surface area contributed by atoms with Gasteiger partial charge >= 0.3 is 0 Å². The molecule has 0 spiro atoms. The first-order valence-corrected chi connectivity index (χ1v) is 7.29. The summed E-state index contributed by atoms with van der Waals surface area (Å²) in [6.07, 6.45) is 5.39. The molecule has 102 valence electrons. The number of hydrogen-bond acceptors (Lipinski definition) is 3. The van der Waals surface area contributed by atoms with Gasteiger partial charge in [0.05, 0.1) is 6.10 Å². The molecule has 1 saturated heterocycles. The molecule has 3 nitrogen and oxygen atoms in total. The Morgan fingerprint density at radius 1 is 1.35 bits per heavy atom. The second-order valence-electron chi connectivity index (χ2n) is 5.37. The van der Waals surface area contributed by atoms with Crippen LogP contribution in [-0.2, 0) is 4.74 Å². The molecule has 0 aromatic rings. The minimum Gasteiger partial charge on any atom is -0.377 e. The molecule has 1 aliphatic heterocycles. The van der Waals surface area contributed by atoms with E-state index in [9.17, 15) is 0 Å². The lowest BCUT2D eigenvalue weighted by Gasteiger charge is -2.23. The van der Waals surface area contributed by atoms with Gasteiger partial charge in [-0.3, -0.25) is 0 Å². The molecule has 1 rings (SSSR count). The van der Waals surface area contributed by atoms with E-state index in [0.717, 1.165) is 26.1 Å². The van der Waals surface area contributed by atoms with E-state index in [0.29, 0.717) is 12.1 Å². The van der Waals surface area contributed by atoms with Crippen LogP contribution in [0.15, 0.2) is 0 Å². The summed E-state index contributed by atoms with van der Waals surface area (Å²) in [6, 6.07) is 0.617. The van der Waals surface area contributed by atoms with Crippen LogP contribution < -0.4 is 5.32 Å². The van der Waals surface area contributed by atoms with Crippen LogP contribution in [0.4, 0.5) is 0 Å². The fourth-order valence-electron chi connectivity index (χ4n) is 2.27. The zero-order valence-electron chi connectivity index (χ0n) is 11.9. The molecule has 1 heterocycles. The molecule has 0 aromatic carbocycles. The van der Waals surface area contributed by atoms with Gasteiger partial charge in [0, 0.05) is 25.7 Å². The standard InChI is InChI=1S/C14H30N2O/c1-4-14-12-16(10-7-11-17-14)9-6-5-8-15-13(2)3/h13-15H,4-12H2,1-3H3. The molecule has 0 radical (unpaired) electrons. The lowest BCUT2D eigenvalue weighted by atomic mass is 10.2. The molecule has 1 aliphatic rings. The summed E-state index contributed by atoms with van der Waals surface area (Å²) in [5.41, 5.74) is 0. The van der Waals surface area contributed by atoms with Crippen molar-refractivity contribution in [3.63, 3.8) is 0 Å². The summed E-state index contributed by atoms with van der Waals surface area (Å²) < 4.78 is 5.79. The predicted octanol–water partition coefficient (Wildman–Crippen LogP) is 2.27. The predicted molar refractivity (Wildman–Crippen MR) is 73.5 cm³/mol. The van der Waals surface area contributed by atoms with E-state index < -0.39 is 0 Å². The summed E-state index contributed by atoms with van der Waals surface area (Å²) in [5.74, 6) is 0. The number of hydrogen-bond donors (Lipinski definition) is 1. The largest absolute Gasteiger partial charge is 0.377 e. The quantitative estimate of drug-likeness (QED) is 0.693. The molecule has 3 heteroatoms. The van der Waals surface area contributed by atoms with Crippen molar-refractivity contribution in [2.24, 2.45) is 0 Å². The van der Waals surface area contributed by atoms with Crippen molar-refractivity contribution in [3.8, 4) is 0 Å². The van der Waals surface area contributed by atoms with Crippen molar-refractivity contribution < 1.29 is 4.74 Å². The second kappa shape index (κ2) is 8.90. The van der Waals surface area contributed by atoms with Crippen molar-refractivity contribution in [3.05, 3.63) is 0 Å². The van der Waals surface area contributed by atoms with Gasteiger partial charge in [0.1, 0.15) is 0 Å². The van der Waals surface area contributed by atoms with Crippen molar-refractivity contribution >= 4 is 0 Å². The smallest absolute Gasteiger partial charge is 0.0699 e. The summed E-state index contributed by atoms with van der Waals surface area (Å²) in [5, 5.41) is 3.47. The third-order valence-corrected chi connectivity index (χ3v) is 3.34. The number of nitrogens with one attached hydrogen (secondary N) is 1. The van der Waals surface area contributed by atoms with Crippen LogP contribution in [0.3, 0.4) is 0 Å². The molecule has 0 aromatic heterocycles. The SMILES string of the molecule is CCC1CN(CCCCNC(C)C)CCCO1. The van der Waals surface area contributed by atoms with E-state index in [4.69, 9.17) is 4.74 Å². The van der Waals surface area contributed by atoms with Crippen molar-refractivity contribution in [1.29, 1.82) is 0 Å². The Bertz CT molecular complexity index is 185. The molecule has 0 saturated carbocycles. The third kappa shape index (κ3) is 7.02. The molecular formula is C14H30N2O. The summed E-state index contributed by atoms with van der Waals surface area (Å²) >= 11 is 0. The van der Waals surface area contributed by atoms with E-state index in [2.05, 4.69) is 31.0 Å². The van der Waals surface area contributed by atoms with Gasteiger partial charge in [-0.2, -0.15) is 0 Å².